The van der Waals surface area contributed by atoms with E-state index in [1.165, 1.54) is 0 Å². The van der Waals surface area contributed by atoms with Crippen molar-refractivity contribution in [3.63, 3.8) is 0 Å². The molecule has 1 N–H and O–H groups in total. The number of rotatable bonds is 3. The maximum Gasteiger partial charge on any atom is 0.321 e. The van der Waals surface area contributed by atoms with Crippen LogP contribution in [0.2, 0.25) is 0 Å². The largest absolute Gasteiger partial charge is 0.458 e. The summed E-state index contributed by atoms with van der Waals surface area (Å²) in [5, 5.41) is 2.85. The number of para-hydroxylation sites is 1. The van der Waals surface area contributed by atoms with Crippen LogP contribution in [-0.4, -0.2) is 40.1 Å². The standard InChI is InChI=1S/C16H17FN4O2/c17-12-9-18-15(19-10-12)23-14-7-4-8-21(11-14)16(22)20-13-5-2-1-3-6-13/h1-3,5-6,9-10,14H,4,7-8,11H2,(H,20,22). The van der Waals surface area contributed by atoms with Gasteiger partial charge in [0, 0.05) is 12.2 Å². The van der Waals surface area contributed by atoms with Crippen LogP contribution in [-0.2, 0) is 0 Å². The van der Waals surface area contributed by atoms with Crippen LogP contribution in [0.3, 0.4) is 0 Å². The van der Waals surface area contributed by atoms with Gasteiger partial charge >= 0.3 is 12.0 Å². The van der Waals surface area contributed by atoms with Crippen LogP contribution < -0.4 is 10.1 Å². The molecule has 0 aliphatic carbocycles. The minimum absolute atomic E-state index is 0.127. The number of benzene rings is 1. The number of likely N-dealkylation sites (tertiary alicyclic amines) is 1. The number of halogens is 1. The third-order valence-corrected chi connectivity index (χ3v) is 3.56. The number of aromatic nitrogens is 2. The fourth-order valence-corrected chi connectivity index (χ4v) is 2.45. The van der Waals surface area contributed by atoms with Crippen molar-refractivity contribution >= 4 is 11.7 Å². The van der Waals surface area contributed by atoms with E-state index in [1.807, 2.05) is 30.3 Å². The lowest BCUT2D eigenvalue weighted by molar-refractivity contribution is 0.0981. The second-order valence-corrected chi connectivity index (χ2v) is 5.31. The number of amides is 2. The summed E-state index contributed by atoms with van der Waals surface area (Å²) in [6.45, 7) is 1.11. The average molecular weight is 316 g/mol. The van der Waals surface area contributed by atoms with E-state index in [4.69, 9.17) is 4.74 Å². The molecule has 23 heavy (non-hydrogen) atoms. The molecule has 2 amide bonds. The number of carbonyl (C=O) groups is 1. The molecular weight excluding hydrogens is 299 g/mol. The van der Waals surface area contributed by atoms with Crippen molar-refractivity contribution in [1.29, 1.82) is 0 Å². The van der Waals surface area contributed by atoms with Gasteiger partial charge in [-0.25, -0.2) is 19.2 Å². The van der Waals surface area contributed by atoms with Gasteiger partial charge in [-0.15, -0.1) is 0 Å². The maximum atomic E-state index is 12.8. The molecule has 0 spiro atoms. The Morgan fingerprint density at radius 3 is 2.74 bits per heavy atom. The predicted molar refractivity (Wildman–Crippen MR) is 82.7 cm³/mol. The summed E-state index contributed by atoms with van der Waals surface area (Å²) in [7, 11) is 0. The Balaban J connectivity index is 1.57. The zero-order chi connectivity index (χ0) is 16.1. The van der Waals surface area contributed by atoms with Crippen LogP contribution >= 0.6 is 0 Å². The molecule has 1 aliphatic rings. The van der Waals surface area contributed by atoms with Crippen molar-refractivity contribution in [2.75, 3.05) is 18.4 Å². The molecule has 7 heteroatoms. The fourth-order valence-electron chi connectivity index (χ4n) is 2.45. The van der Waals surface area contributed by atoms with E-state index in [-0.39, 0.29) is 18.1 Å². The number of nitrogens with one attached hydrogen (secondary N) is 1. The van der Waals surface area contributed by atoms with Gasteiger partial charge in [-0.2, -0.15) is 0 Å². The molecule has 1 fully saturated rings. The SMILES string of the molecule is O=C(Nc1ccccc1)N1CCCC(Oc2ncc(F)cn2)C1. The highest BCUT2D eigenvalue weighted by Crippen LogP contribution is 2.16. The van der Waals surface area contributed by atoms with Crippen molar-refractivity contribution < 1.29 is 13.9 Å². The van der Waals surface area contributed by atoms with Crippen LogP contribution in [0.1, 0.15) is 12.8 Å². The van der Waals surface area contributed by atoms with E-state index in [2.05, 4.69) is 15.3 Å². The molecule has 1 saturated heterocycles. The molecule has 0 bridgehead atoms. The van der Waals surface area contributed by atoms with Gasteiger partial charge in [0.1, 0.15) is 6.10 Å². The molecule has 1 unspecified atom stereocenters. The number of anilines is 1. The molecule has 3 rings (SSSR count). The van der Waals surface area contributed by atoms with Crippen LogP contribution in [0, 0.1) is 5.82 Å². The third-order valence-electron chi connectivity index (χ3n) is 3.56. The van der Waals surface area contributed by atoms with Gasteiger partial charge in [0.25, 0.3) is 0 Å². The molecular formula is C16H17FN4O2. The summed E-state index contributed by atoms with van der Waals surface area (Å²) in [5.74, 6) is -0.509. The van der Waals surface area contributed by atoms with E-state index < -0.39 is 5.82 Å². The average Bonchev–Trinajstić information content (AvgIpc) is 2.58. The first kappa shape index (κ1) is 15.2. The van der Waals surface area contributed by atoms with Crippen molar-refractivity contribution in [2.45, 2.75) is 18.9 Å². The Labute approximate surface area is 133 Å². The zero-order valence-electron chi connectivity index (χ0n) is 12.5. The Bertz CT molecular complexity index is 651. The smallest absolute Gasteiger partial charge is 0.321 e. The van der Waals surface area contributed by atoms with Crippen molar-refractivity contribution in [3.8, 4) is 6.01 Å². The topological polar surface area (TPSA) is 67.4 Å². The second-order valence-electron chi connectivity index (χ2n) is 5.31. The number of hydrogen-bond donors (Lipinski definition) is 1. The fraction of sp³-hybridized carbons (Fsp3) is 0.312. The number of hydrogen-bond acceptors (Lipinski definition) is 4. The van der Waals surface area contributed by atoms with E-state index >= 15 is 0 Å². The van der Waals surface area contributed by atoms with Crippen LogP contribution in [0.25, 0.3) is 0 Å². The van der Waals surface area contributed by atoms with Crippen LogP contribution in [0.15, 0.2) is 42.7 Å². The van der Waals surface area contributed by atoms with Crippen LogP contribution in [0.5, 0.6) is 6.01 Å². The summed E-state index contributed by atoms with van der Waals surface area (Å²) < 4.78 is 18.4. The summed E-state index contributed by atoms with van der Waals surface area (Å²) in [5.41, 5.74) is 0.752. The van der Waals surface area contributed by atoms with Gasteiger partial charge < -0.3 is 15.0 Å². The molecule has 1 aromatic carbocycles. The molecule has 0 saturated carbocycles. The van der Waals surface area contributed by atoms with E-state index in [1.54, 1.807) is 4.90 Å². The first-order valence-corrected chi connectivity index (χ1v) is 7.46. The van der Waals surface area contributed by atoms with Crippen molar-refractivity contribution in [3.05, 3.63) is 48.5 Å². The number of ether oxygens (including phenoxy) is 1. The molecule has 0 radical (unpaired) electrons. The van der Waals surface area contributed by atoms with Gasteiger partial charge in [0.2, 0.25) is 0 Å². The quantitative estimate of drug-likeness (QED) is 0.945. The lowest BCUT2D eigenvalue weighted by Crippen LogP contribution is -2.46. The highest BCUT2D eigenvalue weighted by atomic mass is 19.1. The molecule has 2 aromatic rings. The van der Waals surface area contributed by atoms with E-state index in [0.29, 0.717) is 13.1 Å². The maximum absolute atomic E-state index is 12.8. The summed E-state index contributed by atoms with van der Waals surface area (Å²) in [4.78, 5) is 21.6. The normalized spacial score (nSPS) is 17.6. The lowest BCUT2D eigenvalue weighted by atomic mass is 10.1. The Morgan fingerprint density at radius 2 is 2.00 bits per heavy atom. The molecule has 1 aromatic heterocycles. The van der Waals surface area contributed by atoms with Gasteiger partial charge in [-0.05, 0) is 25.0 Å². The first-order chi connectivity index (χ1) is 11.2. The Hall–Kier alpha value is -2.70. The lowest BCUT2D eigenvalue weighted by Gasteiger charge is -2.32. The molecule has 2 heterocycles. The van der Waals surface area contributed by atoms with Gasteiger partial charge in [-0.1, -0.05) is 18.2 Å². The van der Waals surface area contributed by atoms with Gasteiger partial charge in [0.15, 0.2) is 5.82 Å². The first-order valence-electron chi connectivity index (χ1n) is 7.46. The van der Waals surface area contributed by atoms with Crippen LogP contribution in [0.4, 0.5) is 14.9 Å². The van der Waals surface area contributed by atoms with Crippen molar-refractivity contribution in [2.24, 2.45) is 0 Å². The zero-order valence-corrected chi connectivity index (χ0v) is 12.5. The van der Waals surface area contributed by atoms with E-state index in [9.17, 15) is 9.18 Å². The summed E-state index contributed by atoms with van der Waals surface area (Å²) in [6, 6.07) is 9.26. The predicted octanol–water partition coefficient (Wildman–Crippen LogP) is 2.69. The number of piperidine rings is 1. The minimum Gasteiger partial charge on any atom is -0.458 e. The second kappa shape index (κ2) is 7.04. The van der Waals surface area contributed by atoms with E-state index in [0.717, 1.165) is 30.9 Å². The monoisotopic (exact) mass is 316 g/mol. The third kappa shape index (κ3) is 4.15. The summed E-state index contributed by atoms with van der Waals surface area (Å²) >= 11 is 0. The highest BCUT2D eigenvalue weighted by molar-refractivity contribution is 5.89. The molecule has 120 valence electrons. The number of carbonyl (C=O) groups excluding carboxylic acids is 1. The summed E-state index contributed by atoms with van der Waals surface area (Å²) in [6.07, 6.45) is 3.55. The number of urea groups is 1. The molecule has 1 aliphatic heterocycles. The minimum atomic E-state index is -0.509. The molecule has 6 nitrogen and oxygen atoms in total. The Morgan fingerprint density at radius 1 is 1.26 bits per heavy atom. The highest BCUT2D eigenvalue weighted by Gasteiger charge is 2.25. The van der Waals surface area contributed by atoms with Crippen molar-refractivity contribution in [1.82, 2.24) is 14.9 Å². The van der Waals surface area contributed by atoms with Gasteiger partial charge in [0.05, 0.1) is 18.9 Å². The number of nitrogens with zero attached hydrogens (tertiary/aromatic N) is 3. The molecule has 1 atom stereocenters. The van der Waals surface area contributed by atoms with Gasteiger partial charge in [-0.3, -0.25) is 0 Å². The Kier molecular flexibility index (Phi) is 4.65.